The van der Waals surface area contributed by atoms with Crippen LogP contribution in [0, 0.1) is 5.92 Å². The second-order valence-electron chi connectivity index (χ2n) is 6.94. The van der Waals surface area contributed by atoms with E-state index in [0.29, 0.717) is 24.0 Å². The Morgan fingerprint density at radius 1 is 0.923 bits per heavy atom. The molecule has 1 aliphatic rings. The van der Waals surface area contributed by atoms with Crippen LogP contribution in [0.4, 0.5) is 0 Å². The number of nitrogens with two attached hydrogens (primary N) is 1. The van der Waals surface area contributed by atoms with Crippen LogP contribution in [0.5, 0.6) is 17.2 Å². The van der Waals surface area contributed by atoms with Crippen molar-refractivity contribution in [1.82, 2.24) is 0 Å². The van der Waals surface area contributed by atoms with Crippen molar-refractivity contribution in [2.75, 3.05) is 14.2 Å². The minimum absolute atomic E-state index is 0.0547. The molecule has 4 nitrogen and oxygen atoms in total. The van der Waals surface area contributed by atoms with Crippen molar-refractivity contribution < 1.29 is 14.2 Å². The minimum Gasteiger partial charge on any atom is -0.493 e. The van der Waals surface area contributed by atoms with Gasteiger partial charge in [-0.05, 0) is 30.4 Å². The van der Waals surface area contributed by atoms with Gasteiger partial charge in [0.15, 0.2) is 11.5 Å². The molecule has 1 aliphatic carbocycles. The predicted octanol–water partition coefficient (Wildman–Crippen LogP) is 4.86. The average Bonchev–Trinajstić information content (AvgIpc) is 2.72. The van der Waals surface area contributed by atoms with E-state index < -0.39 is 0 Å². The highest BCUT2D eigenvalue weighted by atomic mass is 16.5. The first-order chi connectivity index (χ1) is 12.7. The molecular weight excluding hydrogens is 326 g/mol. The Kier molecular flexibility index (Phi) is 6.40. The molecule has 0 heterocycles. The van der Waals surface area contributed by atoms with E-state index in [4.69, 9.17) is 19.9 Å². The van der Waals surface area contributed by atoms with Gasteiger partial charge in [-0.25, -0.2) is 0 Å². The fraction of sp³-hybridized carbons (Fsp3) is 0.455. The van der Waals surface area contributed by atoms with Gasteiger partial charge in [-0.1, -0.05) is 49.6 Å². The van der Waals surface area contributed by atoms with Gasteiger partial charge in [0.25, 0.3) is 0 Å². The summed E-state index contributed by atoms with van der Waals surface area (Å²) in [6.07, 6.45) is 6.17. The van der Waals surface area contributed by atoms with Gasteiger partial charge in [0.05, 0.1) is 14.2 Å². The monoisotopic (exact) mass is 355 g/mol. The molecule has 0 unspecified atom stereocenters. The molecule has 1 atom stereocenters. The predicted molar refractivity (Wildman–Crippen MR) is 104 cm³/mol. The molecule has 1 saturated carbocycles. The van der Waals surface area contributed by atoms with Gasteiger partial charge in [0.1, 0.15) is 12.4 Å². The Bertz CT molecular complexity index is 696. The summed E-state index contributed by atoms with van der Waals surface area (Å²) in [6.45, 7) is 0.501. The first-order valence-corrected chi connectivity index (χ1v) is 9.41. The molecular formula is C22H29NO3. The van der Waals surface area contributed by atoms with E-state index in [1.807, 2.05) is 30.3 Å². The lowest BCUT2D eigenvalue weighted by atomic mass is 9.81. The van der Waals surface area contributed by atoms with Crippen molar-refractivity contribution in [2.45, 2.75) is 44.8 Å². The van der Waals surface area contributed by atoms with Crippen molar-refractivity contribution in [3.05, 3.63) is 53.6 Å². The molecule has 26 heavy (non-hydrogen) atoms. The first-order valence-electron chi connectivity index (χ1n) is 9.41. The van der Waals surface area contributed by atoms with Crippen molar-refractivity contribution in [1.29, 1.82) is 0 Å². The number of methoxy groups -OCH3 is 2. The van der Waals surface area contributed by atoms with Crippen molar-refractivity contribution in [3.8, 4) is 17.2 Å². The van der Waals surface area contributed by atoms with E-state index in [1.54, 1.807) is 14.2 Å². The molecule has 2 aromatic rings. The number of ether oxygens (including phenoxy) is 3. The third-order valence-corrected chi connectivity index (χ3v) is 5.27. The first kappa shape index (κ1) is 18.6. The van der Waals surface area contributed by atoms with Crippen LogP contribution in [-0.4, -0.2) is 14.2 Å². The summed E-state index contributed by atoms with van der Waals surface area (Å²) in [6, 6.07) is 14.0. The van der Waals surface area contributed by atoms with Crippen molar-refractivity contribution in [2.24, 2.45) is 11.7 Å². The van der Waals surface area contributed by atoms with Gasteiger partial charge in [-0.3, -0.25) is 0 Å². The van der Waals surface area contributed by atoms with E-state index in [9.17, 15) is 0 Å². The van der Waals surface area contributed by atoms with Crippen LogP contribution in [0.25, 0.3) is 0 Å². The molecule has 1 fully saturated rings. The Morgan fingerprint density at radius 3 is 2.23 bits per heavy atom. The Morgan fingerprint density at radius 2 is 1.58 bits per heavy atom. The lowest BCUT2D eigenvalue weighted by molar-refractivity contribution is 0.274. The summed E-state index contributed by atoms with van der Waals surface area (Å²) < 4.78 is 17.1. The third-order valence-electron chi connectivity index (χ3n) is 5.27. The van der Waals surface area contributed by atoms with Crippen LogP contribution in [0.2, 0.25) is 0 Å². The summed E-state index contributed by atoms with van der Waals surface area (Å²) in [7, 11) is 3.29. The summed E-state index contributed by atoms with van der Waals surface area (Å²) in [5.74, 6) is 2.63. The lowest BCUT2D eigenvalue weighted by Crippen LogP contribution is -2.24. The zero-order valence-corrected chi connectivity index (χ0v) is 15.7. The van der Waals surface area contributed by atoms with Crippen molar-refractivity contribution >= 4 is 0 Å². The maximum Gasteiger partial charge on any atom is 0.164 e. The Balaban J connectivity index is 1.88. The minimum atomic E-state index is -0.0547. The zero-order valence-electron chi connectivity index (χ0n) is 15.7. The standard InChI is InChI=1S/C22H29NO3/c1-24-20-13-18(22(23)17-11-7-4-8-12-17)19(14-21(20)25-2)26-15-16-9-5-3-6-10-16/h3,5-6,9-10,13-14,17,22H,4,7-8,11-12,15,23H2,1-2H3/t22-/m0/s1. The SMILES string of the molecule is COc1cc(OCc2ccccc2)c([C@@H](N)C2CCCCC2)cc1OC. The molecule has 0 radical (unpaired) electrons. The lowest BCUT2D eigenvalue weighted by Gasteiger charge is -2.29. The van der Waals surface area contributed by atoms with E-state index in [2.05, 4.69) is 12.1 Å². The van der Waals surface area contributed by atoms with Gasteiger partial charge in [0, 0.05) is 17.7 Å². The van der Waals surface area contributed by atoms with Gasteiger partial charge in [0.2, 0.25) is 0 Å². The van der Waals surface area contributed by atoms with Crippen LogP contribution in [0.1, 0.15) is 49.3 Å². The van der Waals surface area contributed by atoms with Gasteiger partial charge in [-0.15, -0.1) is 0 Å². The van der Waals surface area contributed by atoms with Crippen LogP contribution in [0.15, 0.2) is 42.5 Å². The van der Waals surface area contributed by atoms with Crippen LogP contribution in [0.3, 0.4) is 0 Å². The van der Waals surface area contributed by atoms with E-state index in [0.717, 1.165) is 16.9 Å². The quantitative estimate of drug-likeness (QED) is 0.770. The average molecular weight is 355 g/mol. The summed E-state index contributed by atoms with van der Waals surface area (Å²) in [5.41, 5.74) is 8.81. The van der Waals surface area contributed by atoms with Gasteiger partial charge in [-0.2, -0.15) is 0 Å². The molecule has 0 bridgehead atoms. The highest BCUT2D eigenvalue weighted by molar-refractivity contribution is 5.52. The van der Waals surface area contributed by atoms with E-state index >= 15 is 0 Å². The highest BCUT2D eigenvalue weighted by Gasteiger charge is 2.26. The number of hydrogen-bond donors (Lipinski definition) is 1. The van der Waals surface area contributed by atoms with Gasteiger partial charge < -0.3 is 19.9 Å². The molecule has 3 rings (SSSR count). The maximum atomic E-state index is 6.68. The van der Waals surface area contributed by atoms with Crippen molar-refractivity contribution in [3.63, 3.8) is 0 Å². The maximum absolute atomic E-state index is 6.68. The third kappa shape index (κ3) is 4.31. The molecule has 140 valence electrons. The van der Waals surface area contributed by atoms with E-state index in [-0.39, 0.29) is 6.04 Å². The largest absolute Gasteiger partial charge is 0.493 e. The number of hydrogen-bond acceptors (Lipinski definition) is 4. The fourth-order valence-corrected chi connectivity index (χ4v) is 3.74. The Labute approximate surface area is 156 Å². The molecule has 4 heteroatoms. The fourth-order valence-electron chi connectivity index (χ4n) is 3.74. The summed E-state index contributed by atoms with van der Waals surface area (Å²) in [4.78, 5) is 0. The Hall–Kier alpha value is -2.20. The number of rotatable bonds is 7. The van der Waals surface area contributed by atoms with Crippen LogP contribution >= 0.6 is 0 Å². The molecule has 2 aromatic carbocycles. The van der Waals surface area contributed by atoms with E-state index in [1.165, 1.54) is 32.1 Å². The van der Waals surface area contributed by atoms with Gasteiger partial charge >= 0.3 is 0 Å². The summed E-state index contributed by atoms with van der Waals surface area (Å²) >= 11 is 0. The molecule has 0 aliphatic heterocycles. The smallest absolute Gasteiger partial charge is 0.164 e. The molecule has 2 N–H and O–H groups in total. The highest BCUT2D eigenvalue weighted by Crippen LogP contribution is 2.42. The van der Waals surface area contributed by atoms with Crippen LogP contribution in [-0.2, 0) is 6.61 Å². The normalized spacial score (nSPS) is 16.1. The topological polar surface area (TPSA) is 53.7 Å². The second kappa shape index (κ2) is 8.95. The second-order valence-corrected chi connectivity index (χ2v) is 6.94. The molecule has 0 spiro atoms. The zero-order chi connectivity index (χ0) is 18.4. The van der Waals surface area contributed by atoms with Crippen LogP contribution < -0.4 is 19.9 Å². The molecule has 0 aromatic heterocycles. The molecule has 0 saturated heterocycles. The summed E-state index contributed by atoms with van der Waals surface area (Å²) in [5, 5.41) is 0. The molecule has 0 amide bonds. The number of benzene rings is 2.